The molecule has 0 N–H and O–H groups in total. The van der Waals surface area contributed by atoms with Gasteiger partial charge in [0.05, 0.1) is 12.2 Å². The van der Waals surface area contributed by atoms with E-state index in [2.05, 4.69) is 41.5 Å². The molecule has 0 fully saturated rings. The van der Waals surface area contributed by atoms with E-state index in [-0.39, 0.29) is 0 Å². The summed E-state index contributed by atoms with van der Waals surface area (Å²) in [6.07, 6.45) is 4.46. The van der Waals surface area contributed by atoms with Gasteiger partial charge in [0.25, 0.3) is 0 Å². The van der Waals surface area contributed by atoms with Gasteiger partial charge in [-0.1, -0.05) is 27.2 Å². The van der Waals surface area contributed by atoms with E-state index in [9.17, 15) is 0 Å². The fraction of sp³-hybridized carbons (Fsp3) is 1.00. The highest BCUT2D eigenvalue weighted by atomic mass is 16.5. The summed E-state index contributed by atoms with van der Waals surface area (Å²) < 4.78 is 5.69. The highest BCUT2D eigenvalue weighted by Gasteiger charge is 2.16. The van der Waals surface area contributed by atoms with Crippen LogP contribution < -0.4 is 0 Å². The molecular weight excluding hydrogens is 160 g/mol. The van der Waals surface area contributed by atoms with E-state index in [0.29, 0.717) is 17.6 Å². The largest absolute Gasteiger partial charge is 0.376 e. The Hall–Kier alpha value is -0.0400. The summed E-state index contributed by atoms with van der Waals surface area (Å²) in [6.45, 7) is 13.3. The maximum absolute atomic E-state index is 5.69. The molecular formula is C12H26O. The average molecular weight is 186 g/mol. The molecule has 0 spiro atoms. The van der Waals surface area contributed by atoms with Crippen molar-refractivity contribution in [2.45, 2.75) is 73.0 Å². The second kappa shape index (κ2) is 5.64. The molecule has 0 aliphatic rings. The van der Waals surface area contributed by atoms with Crippen molar-refractivity contribution in [2.24, 2.45) is 5.41 Å². The van der Waals surface area contributed by atoms with Gasteiger partial charge in [-0.15, -0.1) is 0 Å². The Morgan fingerprint density at radius 3 is 2.08 bits per heavy atom. The topological polar surface area (TPSA) is 9.23 Å². The molecule has 0 heterocycles. The summed E-state index contributed by atoms with van der Waals surface area (Å²) in [4.78, 5) is 0. The van der Waals surface area contributed by atoms with Crippen molar-refractivity contribution < 1.29 is 4.74 Å². The van der Waals surface area contributed by atoms with Crippen molar-refractivity contribution >= 4 is 0 Å². The molecule has 13 heavy (non-hydrogen) atoms. The number of ether oxygens (including phenoxy) is 1. The van der Waals surface area contributed by atoms with Gasteiger partial charge in [-0.05, 0) is 39.0 Å². The lowest BCUT2D eigenvalue weighted by Gasteiger charge is -2.25. The minimum Gasteiger partial charge on any atom is -0.376 e. The fourth-order valence-electron chi connectivity index (χ4n) is 1.30. The van der Waals surface area contributed by atoms with Crippen molar-refractivity contribution in [1.82, 2.24) is 0 Å². The quantitative estimate of drug-likeness (QED) is 0.609. The first-order valence-electron chi connectivity index (χ1n) is 5.53. The molecule has 0 aromatic rings. The highest BCUT2D eigenvalue weighted by molar-refractivity contribution is 4.68. The molecule has 0 aromatic carbocycles. The second-order valence-electron chi connectivity index (χ2n) is 5.05. The Morgan fingerprint density at radius 1 is 1.15 bits per heavy atom. The standard InChI is InChI=1S/C12H26O/c1-7-12(5,6)9-8-11(4)13-10(2)3/h10-11H,7-9H2,1-6H3. The normalized spacial score (nSPS) is 15.0. The fourth-order valence-corrected chi connectivity index (χ4v) is 1.30. The molecule has 1 atom stereocenters. The van der Waals surface area contributed by atoms with E-state index in [1.54, 1.807) is 0 Å². The third-order valence-corrected chi connectivity index (χ3v) is 2.69. The van der Waals surface area contributed by atoms with Crippen molar-refractivity contribution in [2.75, 3.05) is 0 Å². The summed E-state index contributed by atoms with van der Waals surface area (Å²) in [5.41, 5.74) is 0.481. The predicted octanol–water partition coefficient (Wildman–Crippen LogP) is 4.02. The number of rotatable bonds is 6. The Morgan fingerprint density at radius 2 is 1.69 bits per heavy atom. The van der Waals surface area contributed by atoms with Crippen LogP contribution in [-0.2, 0) is 4.74 Å². The molecule has 0 bridgehead atoms. The lowest BCUT2D eigenvalue weighted by atomic mass is 9.84. The van der Waals surface area contributed by atoms with Crippen LogP contribution in [0.15, 0.2) is 0 Å². The van der Waals surface area contributed by atoms with Gasteiger partial charge < -0.3 is 4.74 Å². The zero-order chi connectivity index (χ0) is 10.5. The van der Waals surface area contributed by atoms with Gasteiger partial charge in [0.2, 0.25) is 0 Å². The molecule has 80 valence electrons. The zero-order valence-electron chi connectivity index (χ0n) is 10.2. The van der Waals surface area contributed by atoms with Crippen molar-refractivity contribution in [3.63, 3.8) is 0 Å². The first-order chi connectivity index (χ1) is 5.87. The van der Waals surface area contributed by atoms with E-state index < -0.39 is 0 Å². The molecule has 0 radical (unpaired) electrons. The van der Waals surface area contributed by atoms with E-state index in [1.165, 1.54) is 19.3 Å². The van der Waals surface area contributed by atoms with Crippen LogP contribution in [0.2, 0.25) is 0 Å². The maximum Gasteiger partial charge on any atom is 0.0550 e. The Labute approximate surface area is 83.9 Å². The lowest BCUT2D eigenvalue weighted by molar-refractivity contribution is 0.00790. The van der Waals surface area contributed by atoms with Crippen LogP contribution in [0.1, 0.15) is 60.8 Å². The molecule has 0 amide bonds. The third-order valence-electron chi connectivity index (χ3n) is 2.69. The van der Waals surface area contributed by atoms with Crippen LogP contribution in [0, 0.1) is 5.41 Å². The zero-order valence-corrected chi connectivity index (χ0v) is 10.2. The van der Waals surface area contributed by atoms with Crippen LogP contribution in [0.4, 0.5) is 0 Å². The molecule has 0 aliphatic carbocycles. The van der Waals surface area contributed by atoms with E-state index in [0.717, 1.165) is 0 Å². The first kappa shape index (κ1) is 13.0. The molecule has 1 unspecified atom stereocenters. The average Bonchev–Trinajstić information content (AvgIpc) is 2.00. The predicted molar refractivity (Wildman–Crippen MR) is 59.0 cm³/mol. The van der Waals surface area contributed by atoms with Gasteiger partial charge in [0.15, 0.2) is 0 Å². The number of hydrogen-bond acceptors (Lipinski definition) is 1. The molecule has 0 rings (SSSR count). The highest BCUT2D eigenvalue weighted by Crippen LogP contribution is 2.27. The first-order valence-corrected chi connectivity index (χ1v) is 5.53. The van der Waals surface area contributed by atoms with Crippen LogP contribution in [0.5, 0.6) is 0 Å². The molecule has 0 aliphatic heterocycles. The van der Waals surface area contributed by atoms with Gasteiger partial charge in [0, 0.05) is 0 Å². The van der Waals surface area contributed by atoms with Crippen LogP contribution in [0.25, 0.3) is 0 Å². The van der Waals surface area contributed by atoms with Crippen molar-refractivity contribution in [3.8, 4) is 0 Å². The molecule has 1 nitrogen and oxygen atoms in total. The van der Waals surface area contributed by atoms with E-state index in [4.69, 9.17) is 4.74 Å². The van der Waals surface area contributed by atoms with Crippen molar-refractivity contribution in [1.29, 1.82) is 0 Å². The van der Waals surface area contributed by atoms with Gasteiger partial charge in [-0.2, -0.15) is 0 Å². The molecule has 0 saturated heterocycles. The third kappa shape index (κ3) is 7.06. The monoisotopic (exact) mass is 186 g/mol. The van der Waals surface area contributed by atoms with Gasteiger partial charge in [0.1, 0.15) is 0 Å². The summed E-state index contributed by atoms with van der Waals surface area (Å²) in [6, 6.07) is 0. The lowest BCUT2D eigenvalue weighted by Crippen LogP contribution is -2.18. The van der Waals surface area contributed by atoms with Gasteiger partial charge in [-0.25, -0.2) is 0 Å². The summed E-state index contributed by atoms with van der Waals surface area (Å²) in [5.74, 6) is 0. The summed E-state index contributed by atoms with van der Waals surface area (Å²) in [5, 5.41) is 0. The van der Waals surface area contributed by atoms with Gasteiger partial charge in [-0.3, -0.25) is 0 Å². The maximum atomic E-state index is 5.69. The Balaban J connectivity index is 3.63. The summed E-state index contributed by atoms with van der Waals surface area (Å²) >= 11 is 0. The van der Waals surface area contributed by atoms with Crippen molar-refractivity contribution in [3.05, 3.63) is 0 Å². The van der Waals surface area contributed by atoms with Crippen LogP contribution >= 0.6 is 0 Å². The summed E-state index contributed by atoms with van der Waals surface area (Å²) in [7, 11) is 0. The van der Waals surface area contributed by atoms with Crippen LogP contribution in [-0.4, -0.2) is 12.2 Å². The second-order valence-corrected chi connectivity index (χ2v) is 5.05. The van der Waals surface area contributed by atoms with E-state index >= 15 is 0 Å². The number of hydrogen-bond donors (Lipinski definition) is 0. The minimum atomic E-state index is 0.361. The minimum absolute atomic E-state index is 0.361. The van der Waals surface area contributed by atoms with Gasteiger partial charge >= 0.3 is 0 Å². The smallest absolute Gasteiger partial charge is 0.0550 e. The molecule has 1 heteroatoms. The SMILES string of the molecule is CCC(C)(C)CCC(C)OC(C)C. The molecule has 0 saturated carbocycles. The molecule has 0 aromatic heterocycles. The van der Waals surface area contributed by atoms with Crippen LogP contribution in [0.3, 0.4) is 0 Å². The Bertz CT molecular complexity index is 127. The van der Waals surface area contributed by atoms with E-state index in [1.807, 2.05) is 0 Å². The Kier molecular flexibility index (Phi) is 5.62.